The molecule has 2 aromatic rings. The quantitative estimate of drug-likeness (QED) is 0.502. The Morgan fingerprint density at radius 2 is 2.21 bits per heavy atom. The molecule has 0 aliphatic rings. The van der Waals surface area contributed by atoms with Crippen LogP contribution in [0.3, 0.4) is 0 Å². The van der Waals surface area contributed by atoms with Crippen LogP contribution in [-0.2, 0) is 6.54 Å². The highest BCUT2D eigenvalue weighted by Gasteiger charge is 2.16. The molecule has 100 valence electrons. The first kappa shape index (κ1) is 13.0. The Bertz CT molecular complexity index is 608. The highest BCUT2D eigenvalue weighted by Crippen LogP contribution is 2.27. The predicted octanol–water partition coefficient (Wildman–Crippen LogP) is 1.29. The summed E-state index contributed by atoms with van der Waals surface area (Å²) < 4.78 is 5.07. The number of aromatic nitrogens is 2. The second-order valence-corrected chi connectivity index (χ2v) is 4.28. The van der Waals surface area contributed by atoms with Crippen molar-refractivity contribution < 1.29 is 9.45 Å². The van der Waals surface area contributed by atoms with Crippen molar-refractivity contribution in [3.63, 3.8) is 0 Å². The minimum Gasteiger partial charge on any atom is -0.393 e. The standard InChI is InChI=1S/C11H13N5O3/c1-15(2)6-10-13-11(19-14-10)7-3-4-8(12)9(5-7)16(17)18/h3-5H,6,12H2,1-2H3. The summed E-state index contributed by atoms with van der Waals surface area (Å²) in [6.07, 6.45) is 0. The van der Waals surface area contributed by atoms with E-state index in [-0.39, 0.29) is 17.3 Å². The van der Waals surface area contributed by atoms with Crippen LogP contribution >= 0.6 is 0 Å². The summed E-state index contributed by atoms with van der Waals surface area (Å²) in [5.74, 6) is 0.749. The van der Waals surface area contributed by atoms with Crippen molar-refractivity contribution in [1.82, 2.24) is 15.0 Å². The summed E-state index contributed by atoms with van der Waals surface area (Å²) in [5, 5.41) is 14.6. The van der Waals surface area contributed by atoms with Crippen LogP contribution in [0.25, 0.3) is 11.5 Å². The van der Waals surface area contributed by atoms with Gasteiger partial charge in [-0.25, -0.2) is 0 Å². The van der Waals surface area contributed by atoms with E-state index in [1.54, 1.807) is 6.07 Å². The van der Waals surface area contributed by atoms with E-state index in [9.17, 15) is 10.1 Å². The van der Waals surface area contributed by atoms with Crippen molar-refractivity contribution in [2.75, 3.05) is 19.8 Å². The van der Waals surface area contributed by atoms with Gasteiger partial charge in [0, 0.05) is 11.6 Å². The Labute approximate surface area is 109 Å². The molecule has 0 bridgehead atoms. The van der Waals surface area contributed by atoms with Gasteiger partial charge in [-0.1, -0.05) is 5.16 Å². The molecule has 0 unspecified atom stereocenters. The smallest absolute Gasteiger partial charge is 0.292 e. The number of anilines is 1. The molecule has 2 rings (SSSR count). The van der Waals surface area contributed by atoms with Crippen molar-refractivity contribution in [2.24, 2.45) is 0 Å². The molecule has 0 saturated heterocycles. The van der Waals surface area contributed by atoms with Crippen molar-refractivity contribution in [2.45, 2.75) is 6.54 Å². The van der Waals surface area contributed by atoms with E-state index in [1.807, 2.05) is 19.0 Å². The zero-order valence-corrected chi connectivity index (χ0v) is 10.5. The zero-order chi connectivity index (χ0) is 14.0. The maximum absolute atomic E-state index is 10.8. The molecule has 1 aromatic heterocycles. The van der Waals surface area contributed by atoms with Gasteiger partial charge in [-0.05, 0) is 26.2 Å². The molecular formula is C11H13N5O3. The van der Waals surface area contributed by atoms with Gasteiger partial charge < -0.3 is 15.2 Å². The number of nitro groups is 1. The maximum atomic E-state index is 10.8. The molecule has 0 atom stereocenters. The van der Waals surface area contributed by atoms with Crippen LogP contribution in [0.4, 0.5) is 11.4 Å². The molecule has 0 fully saturated rings. The first-order chi connectivity index (χ1) is 8.97. The fourth-order valence-corrected chi connectivity index (χ4v) is 1.55. The first-order valence-corrected chi connectivity index (χ1v) is 5.49. The summed E-state index contributed by atoms with van der Waals surface area (Å²) in [6, 6.07) is 4.38. The van der Waals surface area contributed by atoms with Crippen LogP contribution < -0.4 is 5.73 Å². The molecule has 0 aliphatic heterocycles. The van der Waals surface area contributed by atoms with Crippen LogP contribution in [0, 0.1) is 10.1 Å². The van der Waals surface area contributed by atoms with Gasteiger partial charge in [0.05, 0.1) is 11.5 Å². The second-order valence-electron chi connectivity index (χ2n) is 4.28. The van der Waals surface area contributed by atoms with Crippen molar-refractivity contribution in [3.8, 4) is 11.5 Å². The van der Waals surface area contributed by atoms with Gasteiger partial charge in [0.1, 0.15) is 5.69 Å². The average Bonchev–Trinajstić information content (AvgIpc) is 2.76. The van der Waals surface area contributed by atoms with Gasteiger partial charge in [-0.3, -0.25) is 10.1 Å². The minimum absolute atomic E-state index is 0.0989. The highest BCUT2D eigenvalue weighted by atomic mass is 16.6. The monoisotopic (exact) mass is 263 g/mol. The Hall–Kier alpha value is -2.48. The highest BCUT2D eigenvalue weighted by molar-refractivity contribution is 5.67. The van der Waals surface area contributed by atoms with Crippen LogP contribution in [0.15, 0.2) is 22.7 Å². The van der Waals surface area contributed by atoms with Crippen LogP contribution in [0.1, 0.15) is 5.82 Å². The summed E-state index contributed by atoms with van der Waals surface area (Å²) in [7, 11) is 3.76. The zero-order valence-electron chi connectivity index (χ0n) is 10.5. The number of nitrogens with two attached hydrogens (primary N) is 1. The molecule has 0 radical (unpaired) electrons. The Balaban J connectivity index is 2.34. The van der Waals surface area contributed by atoms with Gasteiger partial charge in [0.2, 0.25) is 0 Å². The van der Waals surface area contributed by atoms with Gasteiger partial charge in [-0.15, -0.1) is 0 Å². The van der Waals surface area contributed by atoms with E-state index >= 15 is 0 Å². The van der Waals surface area contributed by atoms with E-state index < -0.39 is 4.92 Å². The Kier molecular flexibility index (Phi) is 3.43. The average molecular weight is 263 g/mol. The van der Waals surface area contributed by atoms with E-state index in [4.69, 9.17) is 10.3 Å². The third kappa shape index (κ3) is 2.86. The topological polar surface area (TPSA) is 111 Å². The normalized spacial score (nSPS) is 10.9. The largest absolute Gasteiger partial charge is 0.393 e. The number of nitrogens with zero attached hydrogens (tertiary/aromatic N) is 4. The molecule has 8 nitrogen and oxygen atoms in total. The number of nitrogen functional groups attached to an aromatic ring is 1. The summed E-state index contributed by atoms with van der Waals surface area (Å²) in [5.41, 5.74) is 5.92. The molecule has 0 amide bonds. The SMILES string of the molecule is CN(C)Cc1noc(-c2ccc(N)c([N+](=O)[O-])c2)n1. The number of nitro benzene ring substituents is 1. The lowest BCUT2D eigenvalue weighted by Gasteiger charge is -2.03. The van der Waals surface area contributed by atoms with Crippen molar-refractivity contribution in [1.29, 1.82) is 0 Å². The first-order valence-electron chi connectivity index (χ1n) is 5.49. The lowest BCUT2D eigenvalue weighted by molar-refractivity contribution is -0.383. The summed E-state index contributed by atoms with van der Waals surface area (Å²) in [6.45, 7) is 0.528. The van der Waals surface area contributed by atoms with E-state index in [1.165, 1.54) is 12.1 Å². The van der Waals surface area contributed by atoms with Gasteiger partial charge in [0.25, 0.3) is 11.6 Å². The number of hydrogen-bond acceptors (Lipinski definition) is 7. The summed E-state index contributed by atoms with van der Waals surface area (Å²) in [4.78, 5) is 16.3. The fourth-order valence-electron chi connectivity index (χ4n) is 1.55. The molecule has 0 saturated carbocycles. The van der Waals surface area contributed by atoms with Crippen LogP contribution in [0.5, 0.6) is 0 Å². The fraction of sp³-hybridized carbons (Fsp3) is 0.273. The molecule has 8 heteroatoms. The van der Waals surface area contributed by atoms with Gasteiger partial charge >= 0.3 is 0 Å². The lowest BCUT2D eigenvalue weighted by atomic mass is 10.2. The van der Waals surface area contributed by atoms with E-state index in [2.05, 4.69) is 10.1 Å². The van der Waals surface area contributed by atoms with E-state index in [0.29, 0.717) is 17.9 Å². The Morgan fingerprint density at radius 3 is 2.84 bits per heavy atom. The molecular weight excluding hydrogens is 250 g/mol. The number of rotatable bonds is 4. The van der Waals surface area contributed by atoms with Crippen LogP contribution in [-0.4, -0.2) is 34.1 Å². The second kappa shape index (κ2) is 5.02. The van der Waals surface area contributed by atoms with Crippen molar-refractivity contribution >= 4 is 11.4 Å². The lowest BCUT2D eigenvalue weighted by Crippen LogP contribution is -2.11. The molecule has 1 aromatic carbocycles. The van der Waals surface area contributed by atoms with Crippen LogP contribution in [0.2, 0.25) is 0 Å². The Morgan fingerprint density at radius 1 is 1.47 bits per heavy atom. The summed E-state index contributed by atoms with van der Waals surface area (Å²) >= 11 is 0. The maximum Gasteiger partial charge on any atom is 0.292 e. The van der Waals surface area contributed by atoms with Gasteiger partial charge in [-0.2, -0.15) is 4.98 Å². The van der Waals surface area contributed by atoms with E-state index in [0.717, 1.165) is 0 Å². The predicted molar refractivity (Wildman–Crippen MR) is 68.2 cm³/mol. The van der Waals surface area contributed by atoms with Gasteiger partial charge in [0.15, 0.2) is 5.82 Å². The molecule has 0 spiro atoms. The molecule has 19 heavy (non-hydrogen) atoms. The number of benzene rings is 1. The molecule has 2 N–H and O–H groups in total. The third-order valence-electron chi connectivity index (χ3n) is 2.40. The molecule has 1 heterocycles. The minimum atomic E-state index is -0.546. The third-order valence-corrected chi connectivity index (χ3v) is 2.40. The number of hydrogen-bond donors (Lipinski definition) is 1. The molecule has 0 aliphatic carbocycles. The van der Waals surface area contributed by atoms with Crippen molar-refractivity contribution in [3.05, 3.63) is 34.1 Å².